The van der Waals surface area contributed by atoms with Crippen LogP contribution < -0.4 is 0 Å². The van der Waals surface area contributed by atoms with Gasteiger partial charge in [-0.15, -0.1) is 0 Å². The van der Waals surface area contributed by atoms with Crippen molar-refractivity contribution in [3.8, 4) is 0 Å². The summed E-state index contributed by atoms with van der Waals surface area (Å²) >= 11 is 3.45. The Balaban J connectivity index is 3.28. The Morgan fingerprint density at radius 1 is 0.625 bits per heavy atom. The van der Waals surface area contributed by atoms with E-state index >= 15 is 0 Å². The zero-order valence-corrected chi connectivity index (χ0v) is 23.1. The monoisotopic (exact) mass is 522 g/mol. The first-order valence-electron chi connectivity index (χ1n) is 13.7. The summed E-state index contributed by atoms with van der Waals surface area (Å²) in [4.78, 5) is 0. The minimum absolute atomic E-state index is 0.0494. The summed E-state index contributed by atoms with van der Waals surface area (Å²) < 4.78 is 16.9. The average molecular weight is 524 g/mol. The van der Waals surface area contributed by atoms with Crippen LogP contribution in [0.1, 0.15) is 122 Å². The van der Waals surface area contributed by atoms with E-state index in [1.54, 1.807) is 7.11 Å². The molecule has 0 heterocycles. The molecule has 0 rings (SSSR count). The Hall–Kier alpha value is 0.320. The smallest absolute Gasteiger partial charge is 0.104 e. The number of halogens is 1. The van der Waals surface area contributed by atoms with Crippen molar-refractivity contribution in [2.45, 2.75) is 135 Å². The zero-order chi connectivity index (χ0) is 23.5. The third-order valence-corrected chi connectivity index (χ3v) is 6.64. The number of alkyl halides is 1. The lowest BCUT2D eigenvalue weighted by Crippen LogP contribution is -2.24. The molecule has 0 aromatic heterocycles. The second kappa shape index (κ2) is 27.6. The van der Waals surface area contributed by atoms with E-state index in [2.05, 4.69) is 22.9 Å². The third-order valence-electron chi connectivity index (χ3n) is 6.08. The Morgan fingerprint density at radius 2 is 1.06 bits per heavy atom. The highest BCUT2D eigenvalue weighted by molar-refractivity contribution is 9.09. The Labute approximate surface area is 208 Å². The van der Waals surface area contributed by atoms with Gasteiger partial charge in [0.15, 0.2) is 0 Å². The van der Waals surface area contributed by atoms with Crippen molar-refractivity contribution in [2.24, 2.45) is 0 Å². The van der Waals surface area contributed by atoms with E-state index in [0.29, 0.717) is 13.2 Å². The fraction of sp³-hybridized carbons (Fsp3) is 1.00. The molecule has 0 aromatic rings. The van der Waals surface area contributed by atoms with Crippen LogP contribution in [0.15, 0.2) is 0 Å². The van der Waals surface area contributed by atoms with Gasteiger partial charge in [0.1, 0.15) is 6.10 Å². The van der Waals surface area contributed by atoms with Gasteiger partial charge in [-0.2, -0.15) is 0 Å². The first kappa shape index (κ1) is 32.3. The van der Waals surface area contributed by atoms with E-state index in [1.165, 1.54) is 89.9 Å². The third kappa shape index (κ3) is 25.0. The van der Waals surface area contributed by atoms with E-state index < -0.39 is 0 Å². The lowest BCUT2D eigenvalue weighted by molar-refractivity contribution is -0.0417. The molecule has 0 aromatic carbocycles. The van der Waals surface area contributed by atoms with Gasteiger partial charge in [-0.05, 0) is 32.1 Å². The quantitative estimate of drug-likeness (QED) is 0.0880. The number of ether oxygens (including phenoxy) is 3. The molecular formula is C27H55BrO4. The molecule has 0 spiro atoms. The average Bonchev–Trinajstić information content (AvgIpc) is 2.80. The van der Waals surface area contributed by atoms with Crippen LogP contribution in [0.2, 0.25) is 0 Å². The molecule has 0 amide bonds. The topological polar surface area (TPSA) is 47.9 Å². The molecule has 4 nitrogen and oxygen atoms in total. The lowest BCUT2D eigenvalue weighted by Gasteiger charge is -2.16. The SMILES string of the molecule is CCCCCCC(O)CCCCCCCCCCCOCC(COCCCCCBr)OC. The minimum atomic E-state index is -0.0604. The van der Waals surface area contributed by atoms with Crippen molar-refractivity contribution in [1.29, 1.82) is 0 Å². The highest BCUT2D eigenvalue weighted by Crippen LogP contribution is 2.14. The van der Waals surface area contributed by atoms with Crippen molar-refractivity contribution in [3.05, 3.63) is 0 Å². The molecule has 0 saturated heterocycles. The van der Waals surface area contributed by atoms with Gasteiger partial charge >= 0.3 is 0 Å². The fourth-order valence-corrected chi connectivity index (χ4v) is 4.26. The molecule has 0 aliphatic heterocycles. The summed E-state index contributed by atoms with van der Waals surface area (Å²) in [6.07, 6.45) is 22.1. The van der Waals surface area contributed by atoms with Crippen LogP contribution in [-0.4, -0.2) is 56.2 Å². The zero-order valence-electron chi connectivity index (χ0n) is 21.5. The molecule has 0 bridgehead atoms. The number of unbranched alkanes of at least 4 members (excludes halogenated alkanes) is 13. The van der Waals surface area contributed by atoms with Gasteiger partial charge < -0.3 is 19.3 Å². The van der Waals surface area contributed by atoms with Gasteiger partial charge in [-0.25, -0.2) is 0 Å². The highest BCUT2D eigenvalue weighted by Gasteiger charge is 2.07. The number of rotatable bonds is 27. The van der Waals surface area contributed by atoms with Gasteiger partial charge in [0, 0.05) is 25.7 Å². The van der Waals surface area contributed by atoms with Crippen LogP contribution in [0.5, 0.6) is 0 Å². The number of hydrogen-bond acceptors (Lipinski definition) is 4. The molecule has 0 aliphatic carbocycles. The van der Waals surface area contributed by atoms with Crippen molar-refractivity contribution >= 4 is 15.9 Å². The summed E-state index contributed by atoms with van der Waals surface area (Å²) in [5, 5.41) is 11.1. The summed E-state index contributed by atoms with van der Waals surface area (Å²) in [5.41, 5.74) is 0. The Morgan fingerprint density at radius 3 is 1.53 bits per heavy atom. The number of aliphatic hydroxyl groups excluding tert-OH is 1. The maximum atomic E-state index is 10.0. The molecule has 194 valence electrons. The van der Waals surface area contributed by atoms with Crippen LogP contribution in [0.4, 0.5) is 0 Å². The molecule has 32 heavy (non-hydrogen) atoms. The van der Waals surface area contributed by atoms with Crippen LogP contribution >= 0.6 is 15.9 Å². The van der Waals surface area contributed by atoms with Crippen LogP contribution in [-0.2, 0) is 14.2 Å². The standard InChI is InChI=1S/C27H55BrO4/c1-3-4-5-14-19-26(29)20-15-11-9-7-6-8-10-12-17-22-31-24-27(30-2)25-32-23-18-13-16-21-28/h26-27,29H,3-25H2,1-2H3. The van der Waals surface area contributed by atoms with E-state index in [-0.39, 0.29) is 12.2 Å². The summed E-state index contributed by atoms with van der Waals surface area (Å²) in [6, 6.07) is 0. The first-order valence-corrected chi connectivity index (χ1v) is 14.8. The van der Waals surface area contributed by atoms with Crippen molar-refractivity contribution < 1.29 is 19.3 Å². The maximum Gasteiger partial charge on any atom is 0.104 e. The maximum absolute atomic E-state index is 10.0. The van der Waals surface area contributed by atoms with Gasteiger partial charge in [-0.1, -0.05) is 106 Å². The van der Waals surface area contributed by atoms with E-state index in [9.17, 15) is 5.11 Å². The normalized spacial score (nSPS) is 13.5. The summed E-state index contributed by atoms with van der Waals surface area (Å²) in [7, 11) is 1.74. The second-order valence-corrected chi connectivity index (χ2v) is 10.0. The summed E-state index contributed by atoms with van der Waals surface area (Å²) in [6.45, 7) is 5.13. The molecule has 0 fully saturated rings. The number of aliphatic hydroxyl groups is 1. The van der Waals surface area contributed by atoms with Crippen LogP contribution in [0.3, 0.4) is 0 Å². The first-order chi connectivity index (χ1) is 15.7. The lowest BCUT2D eigenvalue weighted by atomic mass is 10.0. The van der Waals surface area contributed by atoms with E-state index in [4.69, 9.17) is 14.2 Å². The predicted octanol–water partition coefficient (Wildman–Crippen LogP) is 7.83. The van der Waals surface area contributed by atoms with Crippen molar-refractivity contribution in [3.63, 3.8) is 0 Å². The number of methoxy groups -OCH3 is 1. The van der Waals surface area contributed by atoms with Crippen LogP contribution in [0.25, 0.3) is 0 Å². The fourth-order valence-electron chi connectivity index (χ4n) is 3.86. The molecule has 5 heteroatoms. The largest absolute Gasteiger partial charge is 0.393 e. The van der Waals surface area contributed by atoms with Crippen LogP contribution in [0, 0.1) is 0 Å². The van der Waals surface area contributed by atoms with Gasteiger partial charge in [0.2, 0.25) is 0 Å². The van der Waals surface area contributed by atoms with E-state index in [0.717, 1.165) is 44.2 Å². The molecular weight excluding hydrogens is 468 g/mol. The van der Waals surface area contributed by atoms with Gasteiger partial charge in [0.25, 0.3) is 0 Å². The molecule has 1 N–H and O–H groups in total. The Kier molecular flexibility index (Phi) is 27.8. The summed E-state index contributed by atoms with van der Waals surface area (Å²) in [5.74, 6) is 0. The second-order valence-electron chi connectivity index (χ2n) is 9.23. The van der Waals surface area contributed by atoms with Crippen molar-refractivity contribution in [2.75, 3.05) is 38.9 Å². The number of hydrogen-bond donors (Lipinski definition) is 1. The Bertz CT molecular complexity index is 344. The molecule has 0 saturated carbocycles. The molecule has 0 aliphatic rings. The molecule has 2 atom stereocenters. The highest BCUT2D eigenvalue weighted by atomic mass is 79.9. The van der Waals surface area contributed by atoms with Crippen molar-refractivity contribution in [1.82, 2.24) is 0 Å². The molecule has 2 unspecified atom stereocenters. The van der Waals surface area contributed by atoms with Gasteiger partial charge in [-0.3, -0.25) is 0 Å². The van der Waals surface area contributed by atoms with E-state index in [1.807, 2.05) is 0 Å². The predicted molar refractivity (Wildman–Crippen MR) is 141 cm³/mol. The molecule has 0 radical (unpaired) electrons. The van der Waals surface area contributed by atoms with Gasteiger partial charge in [0.05, 0.1) is 19.3 Å². The minimum Gasteiger partial charge on any atom is -0.393 e.